The average molecular weight is 389 g/mol. The van der Waals surface area contributed by atoms with Gasteiger partial charge in [-0.1, -0.05) is 29.3 Å². The predicted octanol–water partition coefficient (Wildman–Crippen LogP) is 4.55. The van der Waals surface area contributed by atoms with Crippen molar-refractivity contribution in [3.63, 3.8) is 0 Å². The van der Waals surface area contributed by atoms with Crippen LogP contribution >= 0.6 is 11.6 Å². The molecule has 1 unspecified atom stereocenters. The van der Waals surface area contributed by atoms with Gasteiger partial charge in [-0.3, -0.25) is 19.7 Å². The first-order valence-corrected chi connectivity index (χ1v) is 8.30. The van der Waals surface area contributed by atoms with Gasteiger partial charge >= 0.3 is 0 Å². The van der Waals surface area contributed by atoms with Crippen molar-refractivity contribution in [2.75, 3.05) is 5.32 Å². The van der Waals surface area contributed by atoms with Crippen LogP contribution in [0.2, 0.25) is 5.02 Å². The van der Waals surface area contributed by atoms with Gasteiger partial charge in [0.05, 0.1) is 4.92 Å². The summed E-state index contributed by atoms with van der Waals surface area (Å²) >= 11 is 5.75. The van der Waals surface area contributed by atoms with Gasteiger partial charge in [0.25, 0.3) is 11.6 Å². The Hall–Kier alpha value is -3.13. The van der Waals surface area contributed by atoms with Crippen molar-refractivity contribution < 1.29 is 14.5 Å². The minimum Gasteiger partial charge on any atom is -0.324 e. The van der Waals surface area contributed by atoms with Gasteiger partial charge in [-0.25, -0.2) is 0 Å². The fourth-order valence-electron chi connectivity index (χ4n) is 2.32. The summed E-state index contributed by atoms with van der Waals surface area (Å²) in [5.41, 5.74) is 1.93. The number of amides is 1. The van der Waals surface area contributed by atoms with E-state index >= 15 is 0 Å². The van der Waals surface area contributed by atoms with E-state index in [4.69, 9.17) is 11.6 Å². The molecule has 0 spiro atoms. The largest absolute Gasteiger partial charge is 0.324 e. The first kappa shape index (κ1) is 20.2. The number of hydrogen-bond acceptors (Lipinski definition) is 6. The van der Waals surface area contributed by atoms with Crippen LogP contribution in [0.3, 0.4) is 0 Å². The van der Waals surface area contributed by atoms with Gasteiger partial charge in [0, 0.05) is 16.8 Å². The van der Waals surface area contributed by atoms with Crippen molar-refractivity contribution in [1.29, 1.82) is 0 Å². The van der Waals surface area contributed by atoms with Crippen LogP contribution in [-0.2, 0) is 9.59 Å². The maximum atomic E-state index is 12.4. The zero-order valence-electron chi connectivity index (χ0n) is 14.9. The summed E-state index contributed by atoms with van der Waals surface area (Å²) in [4.78, 5) is 34.7. The second kappa shape index (κ2) is 8.50. The number of Topliss-reactive ketones (excluding diaryl/α,β-unsaturated/α-hetero) is 1. The van der Waals surface area contributed by atoms with Gasteiger partial charge in [-0.05, 0) is 44.5 Å². The molecule has 8 nitrogen and oxygen atoms in total. The van der Waals surface area contributed by atoms with Crippen LogP contribution in [0.15, 0.2) is 46.6 Å². The summed E-state index contributed by atoms with van der Waals surface area (Å²) in [6.07, 6.45) is 0. The summed E-state index contributed by atoms with van der Waals surface area (Å²) < 4.78 is 0. The summed E-state index contributed by atoms with van der Waals surface area (Å²) in [6.45, 7) is 4.94. The second-order valence-electron chi connectivity index (χ2n) is 5.93. The number of nitrogens with one attached hydrogen (secondary N) is 1. The molecule has 1 atom stereocenters. The van der Waals surface area contributed by atoms with Crippen LogP contribution in [0.4, 0.5) is 17.1 Å². The van der Waals surface area contributed by atoms with E-state index in [-0.39, 0.29) is 16.4 Å². The first-order valence-electron chi connectivity index (χ1n) is 7.92. The summed E-state index contributed by atoms with van der Waals surface area (Å²) in [7, 11) is 0. The van der Waals surface area contributed by atoms with Crippen LogP contribution < -0.4 is 5.32 Å². The number of rotatable bonds is 6. The highest BCUT2D eigenvalue weighted by molar-refractivity contribution is 6.30. The number of nitro benzene ring substituents is 1. The van der Waals surface area contributed by atoms with Crippen molar-refractivity contribution in [3.05, 3.63) is 62.7 Å². The molecule has 0 aliphatic heterocycles. The van der Waals surface area contributed by atoms with Gasteiger partial charge in [0.15, 0.2) is 11.5 Å². The quantitative estimate of drug-likeness (QED) is 0.338. The Morgan fingerprint density at radius 3 is 2.48 bits per heavy atom. The van der Waals surface area contributed by atoms with Crippen LogP contribution in [-0.4, -0.2) is 22.7 Å². The molecule has 1 amide bonds. The van der Waals surface area contributed by atoms with Crippen LogP contribution in [0.5, 0.6) is 0 Å². The topological polar surface area (TPSA) is 114 Å². The molecule has 0 saturated heterocycles. The van der Waals surface area contributed by atoms with Gasteiger partial charge in [0.2, 0.25) is 6.04 Å². The third kappa shape index (κ3) is 5.18. The molecule has 0 aromatic heterocycles. The van der Waals surface area contributed by atoms with E-state index in [0.717, 1.165) is 17.2 Å². The van der Waals surface area contributed by atoms with Gasteiger partial charge in [0.1, 0.15) is 0 Å². The zero-order valence-corrected chi connectivity index (χ0v) is 15.6. The standard InChI is InChI=1S/C18H17ClN4O4/c1-10-4-6-14(11(2)8-10)20-18(25)17(12(3)24)22-21-15-7-5-13(19)9-16(15)23(26)27/h4-9,17H,1-3H3,(H,20,25). The molecule has 27 heavy (non-hydrogen) atoms. The average Bonchev–Trinajstić information content (AvgIpc) is 2.58. The molecule has 2 aromatic carbocycles. The summed E-state index contributed by atoms with van der Waals surface area (Å²) in [5, 5.41) is 21.3. The van der Waals surface area contributed by atoms with Gasteiger partial charge < -0.3 is 5.32 Å². The summed E-state index contributed by atoms with van der Waals surface area (Å²) in [6, 6.07) is 7.82. The summed E-state index contributed by atoms with van der Waals surface area (Å²) in [5.74, 6) is -1.22. The molecule has 0 fully saturated rings. The number of ketones is 1. The normalized spacial score (nSPS) is 12.0. The minimum absolute atomic E-state index is 0.102. The van der Waals surface area contributed by atoms with E-state index in [1.165, 1.54) is 19.1 Å². The molecule has 1 N–H and O–H groups in total. The van der Waals surface area contributed by atoms with E-state index in [0.29, 0.717) is 5.69 Å². The third-order valence-electron chi connectivity index (χ3n) is 3.69. The van der Waals surface area contributed by atoms with Crippen LogP contribution in [0.25, 0.3) is 0 Å². The van der Waals surface area contributed by atoms with Gasteiger partial charge in [-0.15, -0.1) is 5.11 Å². The molecule has 0 radical (unpaired) electrons. The number of hydrogen-bond donors (Lipinski definition) is 1. The Labute approximate surface area is 160 Å². The molecule has 2 rings (SSSR count). The van der Waals surface area contributed by atoms with E-state index in [9.17, 15) is 19.7 Å². The number of aryl methyl sites for hydroxylation is 2. The Morgan fingerprint density at radius 1 is 1.19 bits per heavy atom. The number of halogens is 1. The van der Waals surface area contributed by atoms with E-state index in [1.807, 2.05) is 26.0 Å². The van der Waals surface area contributed by atoms with Crippen molar-refractivity contribution in [2.24, 2.45) is 10.2 Å². The number of carbonyl (C=O) groups excluding carboxylic acids is 2. The molecular weight excluding hydrogens is 372 g/mol. The first-order chi connectivity index (χ1) is 12.7. The van der Waals surface area contributed by atoms with E-state index in [2.05, 4.69) is 15.5 Å². The lowest BCUT2D eigenvalue weighted by molar-refractivity contribution is -0.384. The van der Waals surface area contributed by atoms with Gasteiger partial charge in [-0.2, -0.15) is 5.11 Å². The number of azo groups is 1. The highest BCUT2D eigenvalue weighted by Gasteiger charge is 2.24. The molecule has 0 aliphatic rings. The van der Waals surface area contributed by atoms with Crippen LogP contribution in [0, 0.1) is 24.0 Å². The van der Waals surface area contributed by atoms with Crippen molar-refractivity contribution in [2.45, 2.75) is 26.8 Å². The van der Waals surface area contributed by atoms with Crippen molar-refractivity contribution in [1.82, 2.24) is 0 Å². The molecule has 0 bridgehead atoms. The maximum absolute atomic E-state index is 12.4. The lowest BCUT2D eigenvalue weighted by Crippen LogP contribution is -2.32. The van der Waals surface area contributed by atoms with E-state index < -0.39 is 22.7 Å². The highest BCUT2D eigenvalue weighted by Crippen LogP contribution is 2.30. The highest BCUT2D eigenvalue weighted by atomic mass is 35.5. The number of nitro groups is 1. The number of benzene rings is 2. The number of anilines is 1. The Balaban J connectivity index is 2.27. The van der Waals surface area contributed by atoms with Crippen molar-refractivity contribution >= 4 is 40.4 Å². The second-order valence-corrected chi connectivity index (χ2v) is 6.36. The number of nitrogens with zero attached hydrogens (tertiary/aromatic N) is 3. The SMILES string of the molecule is CC(=O)C(N=Nc1ccc(Cl)cc1[N+](=O)[O-])C(=O)Nc1ccc(C)cc1C. The zero-order chi connectivity index (χ0) is 20.1. The molecule has 140 valence electrons. The Bertz CT molecular complexity index is 943. The number of carbonyl (C=O) groups is 2. The van der Waals surface area contributed by atoms with Crippen LogP contribution in [0.1, 0.15) is 18.1 Å². The Kier molecular flexibility index (Phi) is 6.36. The van der Waals surface area contributed by atoms with E-state index in [1.54, 1.807) is 6.07 Å². The monoisotopic (exact) mass is 388 g/mol. The Morgan fingerprint density at radius 2 is 1.89 bits per heavy atom. The maximum Gasteiger partial charge on any atom is 0.298 e. The lowest BCUT2D eigenvalue weighted by atomic mass is 10.1. The van der Waals surface area contributed by atoms with Crippen molar-refractivity contribution in [3.8, 4) is 0 Å². The molecular formula is C18H17ClN4O4. The fraction of sp³-hybridized carbons (Fsp3) is 0.222. The minimum atomic E-state index is -1.43. The molecule has 2 aromatic rings. The third-order valence-corrected chi connectivity index (χ3v) is 3.92. The smallest absolute Gasteiger partial charge is 0.298 e. The molecule has 9 heteroatoms. The lowest BCUT2D eigenvalue weighted by Gasteiger charge is -2.12. The molecule has 0 aliphatic carbocycles. The fourth-order valence-corrected chi connectivity index (χ4v) is 2.49. The predicted molar refractivity (Wildman–Crippen MR) is 102 cm³/mol. The molecule has 0 saturated carbocycles. The molecule has 0 heterocycles.